The maximum Gasteiger partial charge on any atom is 0.257 e. The van der Waals surface area contributed by atoms with Gasteiger partial charge in [0.1, 0.15) is 0 Å². The second-order valence-corrected chi connectivity index (χ2v) is 6.92. The van der Waals surface area contributed by atoms with E-state index in [0.29, 0.717) is 25.8 Å². The highest BCUT2D eigenvalue weighted by Gasteiger charge is 2.12. The number of thiazole rings is 1. The molecule has 1 N–H and O–H groups in total. The lowest BCUT2D eigenvalue weighted by Crippen LogP contribution is -2.11. The van der Waals surface area contributed by atoms with Crippen molar-refractivity contribution in [1.82, 2.24) is 4.98 Å². The number of aryl methyl sites for hydroxylation is 1. The lowest BCUT2D eigenvalue weighted by Gasteiger charge is -2.02. The van der Waals surface area contributed by atoms with Gasteiger partial charge in [0.15, 0.2) is 5.13 Å². The van der Waals surface area contributed by atoms with Crippen LogP contribution in [0.15, 0.2) is 30.3 Å². The molecule has 3 rings (SSSR count). The Hall–Kier alpha value is -1.33. The van der Waals surface area contributed by atoms with Crippen LogP contribution in [-0.4, -0.2) is 10.9 Å². The standard InChI is InChI=1S/C15H9Cl3N2OS/c1-7-4-13-12(6-10(7)17)19-15(22-13)20-14(21)8-2-3-9(16)11(18)5-8/h2-6H,1H3,(H,19,20,21). The largest absolute Gasteiger partial charge is 0.298 e. The predicted octanol–water partition coefficient (Wildman–Crippen LogP) is 5.82. The molecule has 0 aliphatic carbocycles. The molecule has 0 aliphatic rings. The van der Waals surface area contributed by atoms with Gasteiger partial charge in [-0.15, -0.1) is 0 Å². The number of hydrogen-bond acceptors (Lipinski definition) is 3. The number of benzene rings is 2. The zero-order chi connectivity index (χ0) is 15.9. The van der Waals surface area contributed by atoms with Gasteiger partial charge in [-0.3, -0.25) is 10.1 Å². The molecule has 0 saturated heterocycles. The number of nitrogens with one attached hydrogen (secondary N) is 1. The first-order valence-electron chi connectivity index (χ1n) is 6.27. The molecule has 3 nitrogen and oxygen atoms in total. The number of carbonyl (C=O) groups excluding carboxylic acids is 1. The fourth-order valence-electron chi connectivity index (χ4n) is 1.91. The second-order valence-electron chi connectivity index (χ2n) is 4.67. The maximum absolute atomic E-state index is 12.2. The summed E-state index contributed by atoms with van der Waals surface area (Å²) < 4.78 is 0.964. The van der Waals surface area contributed by atoms with Crippen molar-refractivity contribution in [2.24, 2.45) is 0 Å². The Balaban J connectivity index is 1.89. The predicted molar refractivity (Wildman–Crippen MR) is 93.8 cm³/mol. The molecule has 7 heteroatoms. The molecule has 0 saturated carbocycles. The van der Waals surface area contributed by atoms with Gasteiger partial charge in [0, 0.05) is 10.6 Å². The van der Waals surface area contributed by atoms with E-state index >= 15 is 0 Å². The summed E-state index contributed by atoms with van der Waals surface area (Å²) in [6.07, 6.45) is 0. The highest BCUT2D eigenvalue weighted by Crippen LogP contribution is 2.31. The molecule has 1 aromatic heterocycles. The Morgan fingerprint density at radius 2 is 1.86 bits per heavy atom. The summed E-state index contributed by atoms with van der Waals surface area (Å²) in [4.78, 5) is 16.6. The topological polar surface area (TPSA) is 42.0 Å². The van der Waals surface area contributed by atoms with Crippen molar-refractivity contribution in [3.63, 3.8) is 0 Å². The molecule has 1 heterocycles. The molecule has 0 unspecified atom stereocenters. The first kappa shape index (κ1) is 15.6. The Morgan fingerprint density at radius 1 is 1.09 bits per heavy atom. The maximum atomic E-state index is 12.2. The van der Waals surface area contributed by atoms with Crippen LogP contribution in [0, 0.1) is 6.92 Å². The number of amides is 1. The summed E-state index contributed by atoms with van der Waals surface area (Å²) in [6.45, 7) is 1.93. The van der Waals surface area contributed by atoms with Crippen LogP contribution in [0.5, 0.6) is 0 Å². The quantitative estimate of drug-likeness (QED) is 0.617. The van der Waals surface area contributed by atoms with Gasteiger partial charge < -0.3 is 0 Å². The number of fused-ring (bicyclic) bond motifs is 1. The highest BCUT2D eigenvalue weighted by molar-refractivity contribution is 7.22. The van der Waals surface area contributed by atoms with Gasteiger partial charge in [-0.05, 0) is 42.8 Å². The Labute approximate surface area is 145 Å². The number of halogens is 3. The Bertz CT molecular complexity index is 853. The van der Waals surface area contributed by atoms with Gasteiger partial charge in [0.2, 0.25) is 0 Å². The Morgan fingerprint density at radius 3 is 2.59 bits per heavy atom. The van der Waals surface area contributed by atoms with E-state index in [0.717, 1.165) is 15.8 Å². The number of nitrogens with zero attached hydrogens (tertiary/aromatic N) is 1. The monoisotopic (exact) mass is 370 g/mol. The normalized spacial score (nSPS) is 10.9. The van der Waals surface area contributed by atoms with Crippen molar-refractivity contribution >= 4 is 67.4 Å². The second kappa shape index (κ2) is 6.05. The number of rotatable bonds is 2. The first-order valence-corrected chi connectivity index (χ1v) is 8.22. The number of aromatic nitrogens is 1. The van der Waals surface area contributed by atoms with Gasteiger partial charge in [-0.25, -0.2) is 4.98 Å². The lowest BCUT2D eigenvalue weighted by atomic mass is 10.2. The lowest BCUT2D eigenvalue weighted by molar-refractivity contribution is 0.102. The van der Waals surface area contributed by atoms with E-state index in [4.69, 9.17) is 34.8 Å². The van der Waals surface area contributed by atoms with Crippen molar-refractivity contribution in [2.45, 2.75) is 6.92 Å². The van der Waals surface area contributed by atoms with Crippen LogP contribution in [0.4, 0.5) is 5.13 Å². The zero-order valence-electron chi connectivity index (χ0n) is 11.3. The van der Waals surface area contributed by atoms with E-state index in [1.165, 1.54) is 17.4 Å². The van der Waals surface area contributed by atoms with E-state index in [2.05, 4.69) is 10.3 Å². The molecular formula is C15H9Cl3N2OS. The molecule has 0 fully saturated rings. The number of carbonyl (C=O) groups is 1. The van der Waals surface area contributed by atoms with E-state index in [9.17, 15) is 4.79 Å². The third-order valence-electron chi connectivity index (χ3n) is 3.07. The van der Waals surface area contributed by atoms with Gasteiger partial charge in [-0.2, -0.15) is 0 Å². The highest BCUT2D eigenvalue weighted by atomic mass is 35.5. The van der Waals surface area contributed by atoms with Crippen molar-refractivity contribution in [1.29, 1.82) is 0 Å². The van der Waals surface area contributed by atoms with E-state index < -0.39 is 0 Å². The smallest absolute Gasteiger partial charge is 0.257 e. The fraction of sp³-hybridized carbons (Fsp3) is 0.0667. The summed E-state index contributed by atoms with van der Waals surface area (Å²) in [5, 5.41) is 4.66. The van der Waals surface area contributed by atoms with Gasteiger partial charge >= 0.3 is 0 Å². The summed E-state index contributed by atoms with van der Waals surface area (Å²) in [5.74, 6) is -0.291. The van der Waals surface area contributed by atoms with Crippen LogP contribution in [0.2, 0.25) is 15.1 Å². The van der Waals surface area contributed by atoms with Crippen molar-refractivity contribution in [3.8, 4) is 0 Å². The number of hydrogen-bond donors (Lipinski definition) is 1. The molecular weight excluding hydrogens is 363 g/mol. The van der Waals surface area contributed by atoms with Gasteiger partial charge in [0.05, 0.1) is 20.3 Å². The van der Waals surface area contributed by atoms with Gasteiger partial charge in [-0.1, -0.05) is 46.1 Å². The van der Waals surface area contributed by atoms with Crippen LogP contribution in [0.25, 0.3) is 10.2 Å². The molecule has 112 valence electrons. The summed E-state index contributed by atoms with van der Waals surface area (Å²) >= 11 is 19.2. The minimum absolute atomic E-state index is 0.291. The molecule has 3 aromatic rings. The number of anilines is 1. The first-order chi connectivity index (χ1) is 10.4. The summed E-state index contributed by atoms with van der Waals surface area (Å²) in [7, 11) is 0. The average Bonchev–Trinajstić information content (AvgIpc) is 2.83. The summed E-state index contributed by atoms with van der Waals surface area (Å²) in [6, 6.07) is 8.45. The van der Waals surface area contributed by atoms with Crippen LogP contribution in [0.3, 0.4) is 0 Å². The van der Waals surface area contributed by atoms with Crippen molar-refractivity contribution in [3.05, 3.63) is 56.5 Å². The van der Waals surface area contributed by atoms with E-state index in [1.807, 2.05) is 13.0 Å². The third kappa shape index (κ3) is 3.06. The SMILES string of the molecule is Cc1cc2sc(NC(=O)c3ccc(Cl)c(Cl)c3)nc2cc1Cl. The van der Waals surface area contributed by atoms with Crippen LogP contribution < -0.4 is 5.32 Å². The molecule has 2 aromatic carbocycles. The zero-order valence-corrected chi connectivity index (χ0v) is 14.4. The van der Waals surface area contributed by atoms with E-state index in [1.54, 1.807) is 18.2 Å². The summed E-state index contributed by atoms with van der Waals surface area (Å²) in [5.41, 5.74) is 2.15. The third-order valence-corrected chi connectivity index (χ3v) is 5.15. The molecule has 0 spiro atoms. The molecule has 0 aliphatic heterocycles. The molecule has 22 heavy (non-hydrogen) atoms. The van der Waals surface area contributed by atoms with Crippen LogP contribution in [-0.2, 0) is 0 Å². The average molecular weight is 372 g/mol. The van der Waals surface area contributed by atoms with Crippen molar-refractivity contribution < 1.29 is 4.79 Å². The minimum Gasteiger partial charge on any atom is -0.298 e. The Kier molecular flexibility index (Phi) is 4.28. The minimum atomic E-state index is -0.291. The van der Waals surface area contributed by atoms with Crippen LogP contribution in [0.1, 0.15) is 15.9 Å². The fourth-order valence-corrected chi connectivity index (χ4v) is 3.31. The van der Waals surface area contributed by atoms with E-state index in [-0.39, 0.29) is 5.91 Å². The molecule has 0 radical (unpaired) electrons. The van der Waals surface area contributed by atoms with Gasteiger partial charge in [0.25, 0.3) is 5.91 Å². The van der Waals surface area contributed by atoms with Crippen molar-refractivity contribution in [2.75, 3.05) is 5.32 Å². The molecule has 0 atom stereocenters. The molecule has 0 bridgehead atoms. The molecule has 1 amide bonds. The van der Waals surface area contributed by atoms with Crippen LogP contribution >= 0.6 is 46.1 Å².